The zero-order valence-corrected chi connectivity index (χ0v) is 8.91. The zero-order valence-electron chi connectivity index (χ0n) is 8.15. The molecule has 0 amide bonds. The van der Waals surface area contributed by atoms with E-state index >= 15 is 0 Å². The molecule has 2 aromatic rings. The van der Waals surface area contributed by atoms with Crippen LogP contribution in [0.15, 0.2) is 48.5 Å². The summed E-state index contributed by atoms with van der Waals surface area (Å²) in [6.45, 7) is 0. The van der Waals surface area contributed by atoms with Gasteiger partial charge in [0.05, 0.1) is 0 Å². The summed E-state index contributed by atoms with van der Waals surface area (Å²) in [4.78, 5) is 0. The van der Waals surface area contributed by atoms with Crippen LogP contribution in [0, 0.1) is 0 Å². The Balaban J connectivity index is 0.00000112. The predicted molar refractivity (Wildman–Crippen MR) is 60.7 cm³/mol. The number of nitrogen functional groups attached to an aromatic ring is 2. The molecule has 78 valence electrons. The van der Waals surface area contributed by atoms with Crippen LogP contribution in [0.2, 0.25) is 0 Å². The summed E-state index contributed by atoms with van der Waals surface area (Å²) in [6, 6.07) is 15.6. The van der Waals surface area contributed by atoms with Crippen LogP contribution in [-0.2, 0) is 0 Å². The van der Waals surface area contributed by atoms with E-state index in [4.69, 9.17) is 11.5 Å². The maximum atomic E-state index is 5.61. The minimum Gasteiger partial charge on any atom is -1.00 e. The average Bonchev–Trinajstić information content (AvgIpc) is 2.21. The van der Waals surface area contributed by atoms with Crippen LogP contribution in [0.25, 0.3) is 11.1 Å². The second kappa shape index (κ2) is 4.71. The molecule has 2 nitrogen and oxygen atoms in total. The highest BCUT2D eigenvalue weighted by Crippen LogP contribution is 2.21. The molecule has 4 N–H and O–H groups in total. The molecule has 0 radical (unpaired) electrons. The van der Waals surface area contributed by atoms with E-state index in [0.29, 0.717) is 0 Å². The molecule has 0 spiro atoms. The first-order chi connectivity index (χ1) is 6.75. The molecular formula is C12H12ClN2-. The third kappa shape index (κ3) is 2.64. The zero-order chi connectivity index (χ0) is 9.97. The van der Waals surface area contributed by atoms with Gasteiger partial charge in [0, 0.05) is 11.4 Å². The molecule has 0 aliphatic heterocycles. The van der Waals surface area contributed by atoms with Gasteiger partial charge < -0.3 is 23.9 Å². The van der Waals surface area contributed by atoms with Crippen molar-refractivity contribution < 1.29 is 12.4 Å². The van der Waals surface area contributed by atoms with Gasteiger partial charge in [-0.3, -0.25) is 0 Å². The monoisotopic (exact) mass is 219 g/mol. The highest BCUT2D eigenvalue weighted by Gasteiger charge is 1.95. The Morgan fingerprint density at radius 2 is 0.800 bits per heavy atom. The van der Waals surface area contributed by atoms with Crippen molar-refractivity contribution in [2.75, 3.05) is 11.5 Å². The first-order valence-electron chi connectivity index (χ1n) is 4.47. The third-order valence-corrected chi connectivity index (χ3v) is 2.15. The molecule has 2 aromatic carbocycles. The Morgan fingerprint density at radius 3 is 1.07 bits per heavy atom. The van der Waals surface area contributed by atoms with Crippen molar-refractivity contribution in [2.24, 2.45) is 0 Å². The van der Waals surface area contributed by atoms with Gasteiger partial charge in [0.25, 0.3) is 0 Å². The van der Waals surface area contributed by atoms with Crippen molar-refractivity contribution in [3.05, 3.63) is 48.5 Å². The SMILES string of the molecule is Nc1ccc(-c2ccc(N)cc2)cc1.[Cl-]. The highest BCUT2D eigenvalue weighted by molar-refractivity contribution is 5.67. The van der Waals surface area contributed by atoms with Crippen LogP contribution in [0.5, 0.6) is 0 Å². The second-order valence-electron chi connectivity index (χ2n) is 3.24. The Kier molecular flexibility index (Phi) is 3.58. The molecule has 15 heavy (non-hydrogen) atoms. The molecule has 3 heteroatoms. The summed E-state index contributed by atoms with van der Waals surface area (Å²) in [5, 5.41) is 0. The number of hydrogen-bond donors (Lipinski definition) is 2. The topological polar surface area (TPSA) is 52.0 Å². The van der Waals surface area contributed by atoms with Crippen LogP contribution in [0.3, 0.4) is 0 Å². The van der Waals surface area contributed by atoms with Gasteiger partial charge in [0.15, 0.2) is 0 Å². The Morgan fingerprint density at radius 1 is 0.533 bits per heavy atom. The van der Waals surface area contributed by atoms with Crippen molar-refractivity contribution in [3.63, 3.8) is 0 Å². The fourth-order valence-corrected chi connectivity index (χ4v) is 1.35. The van der Waals surface area contributed by atoms with E-state index in [2.05, 4.69) is 0 Å². The lowest BCUT2D eigenvalue weighted by Gasteiger charge is -2.02. The second-order valence-corrected chi connectivity index (χ2v) is 3.24. The molecule has 0 aliphatic carbocycles. The van der Waals surface area contributed by atoms with E-state index in [9.17, 15) is 0 Å². The van der Waals surface area contributed by atoms with E-state index in [0.717, 1.165) is 22.5 Å². The van der Waals surface area contributed by atoms with E-state index in [-0.39, 0.29) is 12.4 Å². The normalized spacial score (nSPS) is 9.33. The molecular weight excluding hydrogens is 208 g/mol. The van der Waals surface area contributed by atoms with Gasteiger partial charge in [0.2, 0.25) is 0 Å². The van der Waals surface area contributed by atoms with E-state index in [1.165, 1.54) is 0 Å². The van der Waals surface area contributed by atoms with E-state index in [1.54, 1.807) is 0 Å². The van der Waals surface area contributed by atoms with E-state index in [1.807, 2.05) is 48.5 Å². The number of rotatable bonds is 1. The Labute approximate surface area is 95.3 Å². The maximum Gasteiger partial charge on any atom is 0.0314 e. The number of benzene rings is 2. The minimum absolute atomic E-state index is 0. The summed E-state index contributed by atoms with van der Waals surface area (Å²) in [5.41, 5.74) is 15.1. The Bertz CT molecular complexity index is 377. The lowest BCUT2D eigenvalue weighted by atomic mass is 10.1. The third-order valence-electron chi connectivity index (χ3n) is 2.15. The minimum atomic E-state index is 0. The number of nitrogens with two attached hydrogens (primary N) is 2. The van der Waals surface area contributed by atoms with Gasteiger partial charge in [-0.05, 0) is 35.4 Å². The van der Waals surface area contributed by atoms with Crippen LogP contribution in [0.4, 0.5) is 11.4 Å². The molecule has 0 saturated heterocycles. The quantitative estimate of drug-likeness (QED) is 0.637. The first kappa shape index (κ1) is 11.4. The van der Waals surface area contributed by atoms with Gasteiger partial charge in [-0.15, -0.1) is 0 Å². The smallest absolute Gasteiger partial charge is 0.0314 e. The number of halogens is 1. The van der Waals surface area contributed by atoms with Crippen molar-refractivity contribution >= 4 is 11.4 Å². The van der Waals surface area contributed by atoms with Gasteiger partial charge in [-0.2, -0.15) is 0 Å². The molecule has 0 atom stereocenters. The summed E-state index contributed by atoms with van der Waals surface area (Å²) in [7, 11) is 0. The fourth-order valence-electron chi connectivity index (χ4n) is 1.35. The molecule has 0 bridgehead atoms. The highest BCUT2D eigenvalue weighted by atomic mass is 35.5. The van der Waals surface area contributed by atoms with Crippen molar-refractivity contribution in [2.45, 2.75) is 0 Å². The van der Waals surface area contributed by atoms with Crippen LogP contribution in [-0.4, -0.2) is 0 Å². The summed E-state index contributed by atoms with van der Waals surface area (Å²) in [6.07, 6.45) is 0. The lowest BCUT2D eigenvalue weighted by Crippen LogP contribution is -3.00. The lowest BCUT2D eigenvalue weighted by molar-refractivity contribution is -0.00000282. The van der Waals surface area contributed by atoms with Gasteiger partial charge in [-0.1, -0.05) is 24.3 Å². The predicted octanol–water partition coefficient (Wildman–Crippen LogP) is -0.478. The van der Waals surface area contributed by atoms with Gasteiger partial charge >= 0.3 is 0 Å². The molecule has 0 aromatic heterocycles. The number of hydrogen-bond acceptors (Lipinski definition) is 2. The molecule has 0 heterocycles. The van der Waals surface area contributed by atoms with Crippen molar-refractivity contribution in [3.8, 4) is 11.1 Å². The average molecular weight is 220 g/mol. The summed E-state index contributed by atoms with van der Waals surface area (Å²) in [5.74, 6) is 0. The fraction of sp³-hybridized carbons (Fsp3) is 0. The number of anilines is 2. The van der Waals surface area contributed by atoms with Crippen molar-refractivity contribution in [1.29, 1.82) is 0 Å². The molecule has 0 fully saturated rings. The largest absolute Gasteiger partial charge is 1.00 e. The molecule has 2 rings (SSSR count). The van der Waals surface area contributed by atoms with Crippen molar-refractivity contribution in [1.82, 2.24) is 0 Å². The molecule has 0 saturated carbocycles. The summed E-state index contributed by atoms with van der Waals surface area (Å²) < 4.78 is 0. The van der Waals surface area contributed by atoms with Crippen LogP contribution >= 0.6 is 0 Å². The maximum absolute atomic E-state index is 5.61. The van der Waals surface area contributed by atoms with Crippen LogP contribution < -0.4 is 23.9 Å². The van der Waals surface area contributed by atoms with Gasteiger partial charge in [0.1, 0.15) is 0 Å². The van der Waals surface area contributed by atoms with E-state index < -0.39 is 0 Å². The molecule has 0 aliphatic rings. The van der Waals surface area contributed by atoms with Gasteiger partial charge in [-0.25, -0.2) is 0 Å². The Hall–Kier alpha value is -1.67. The molecule has 0 unspecified atom stereocenters. The van der Waals surface area contributed by atoms with Crippen LogP contribution in [0.1, 0.15) is 0 Å². The first-order valence-corrected chi connectivity index (χ1v) is 4.47. The standard InChI is InChI=1S/C12H12N2.ClH/c13-11-5-1-9(2-6-11)10-3-7-12(14)8-4-10;/h1-8H,13-14H2;1H/p-1. The summed E-state index contributed by atoms with van der Waals surface area (Å²) >= 11 is 0.